The predicted octanol–water partition coefficient (Wildman–Crippen LogP) is 1.61. The summed E-state index contributed by atoms with van der Waals surface area (Å²) in [6.45, 7) is 4.06. The van der Waals surface area contributed by atoms with Gasteiger partial charge < -0.3 is 5.32 Å². The zero-order valence-electron chi connectivity index (χ0n) is 12.1. The molecule has 0 aliphatic carbocycles. The molecule has 0 unspecified atom stereocenters. The standard InChI is InChI=1S/C13H23N3O2S2/c1-3-14-10-12-6-7-13(15-11-12)20(17,18)16-8-4-5-9-19-2/h6-7,11,14,16H,3-5,8-10H2,1-2H3. The first kappa shape index (κ1) is 17.4. The van der Waals surface area contributed by atoms with E-state index in [2.05, 4.69) is 15.0 Å². The first-order valence-corrected chi connectivity index (χ1v) is 9.62. The van der Waals surface area contributed by atoms with Crippen LogP contribution in [0.15, 0.2) is 23.4 Å². The zero-order valence-corrected chi connectivity index (χ0v) is 13.7. The Balaban J connectivity index is 2.50. The number of sulfonamides is 1. The number of unbranched alkanes of at least 4 members (excludes halogenated alkanes) is 1. The van der Waals surface area contributed by atoms with Gasteiger partial charge >= 0.3 is 0 Å². The van der Waals surface area contributed by atoms with Gasteiger partial charge in [0, 0.05) is 19.3 Å². The number of hydrogen-bond acceptors (Lipinski definition) is 5. The third-order valence-corrected chi connectivity index (χ3v) is 4.79. The van der Waals surface area contributed by atoms with Crippen LogP contribution in [-0.4, -0.2) is 38.5 Å². The quantitative estimate of drug-likeness (QED) is 0.642. The van der Waals surface area contributed by atoms with Gasteiger partial charge in [-0.05, 0) is 43.0 Å². The van der Waals surface area contributed by atoms with E-state index in [1.54, 1.807) is 30.1 Å². The van der Waals surface area contributed by atoms with Gasteiger partial charge in [-0.2, -0.15) is 11.8 Å². The van der Waals surface area contributed by atoms with Crippen molar-refractivity contribution >= 4 is 21.8 Å². The first-order chi connectivity index (χ1) is 9.60. The molecule has 0 aromatic carbocycles. The van der Waals surface area contributed by atoms with Crippen LogP contribution < -0.4 is 10.0 Å². The lowest BCUT2D eigenvalue weighted by molar-refractivity contribution is 0.574. The third kappa shape index (κ3) is 6.21. The molecule has 1 aromatic heterocycles. The van der Waals surface area contributed by atoms with Gasteiger partial charge in [0.15, 0.2) is 5.03 Å². The molecule has 1 heterocycles. The molecule has 5 nitrogen and oxygen atoms in total. The lowest BCUT2D eigenvalue weighted by atomic mass is 10.3. The highest BCUT2D eigenvalue weighted by molar-refractivity contribution is 7.98. The average Bonchev–Trinajstić information content (AvgIpc) is 2.45. The van der Waals surface area contributed by atoms with Crippen molar-refractivity contribution in [2.75, 3.05) is 25.1 Å². The van der Waals surface area contributed by atoms with Crippen LogP contribution in [0.1, 0.15) is 25.3 Å². The normalized spacial score (nSPS) is 11.7. The molecule has 0 atom stereocenters. The Morgan fingerprint density at radius 2 is 2.10 bits per heavy atom. The zero-order chi connectivity index (χ0) is 14.8. The van der Waals surface area contributed by atoms with Crippen molar-refractivity contribution < 1.29 is 8.42 Å². The van der Waals surface area contributed by atoms with Gasteiger partial charge in [0.05, 0.1) is 0 Å². The largest absolute Gasteiger partial charge is 0.313 e. The van der Waals surface area contributed by atoms with E-state index in [9.17, 15) is 8.42 Å². The summed E-state index contributed by atoms with van der Waals surface area (Å²) in [4.78, 5) is 4.02. The molecular formula is C13H23N3O2S2. The van der Waals surface area contributed by atoms with E-state index in [4.69, 9.17) is 0 Å². The second-order valence-corrected chi connectivity index (χ2v) is 7.08. The Labute approximate surface area is 126 Å². The fraction of sp³-hybridized carbons (Fsp3) is 0.615. The minimum Gasteiger partial charge on any atom is -0.313 e. The summed E-state index contributed by atoms with van der Waals surface area (Å²) in [5.41, 5.74) is 0.978. The molecule has 20 heavy (non-hydrogen) atoms. The van der Waals surface area contributed by atoms with Crippen LogP contribution in [0.2, 0.25) is 0 Å². The van der Waals surface area contributed by atoms with Crippen molar-refractivity contribution in [2.24, 2.45) is 0 Å². The maximum Gasteiger partial charge on any atom is 0.258 e. The van der Waals surface area contributed by atoms with Gasteiger partial charge in [-0.3, -0.25) is 0 Å². The Hall–Kier alpha value is -0.630. The maximum atomic E-state index is 12.0. The number of nitrogens with one attached hydrogen (secondary N) is 2. The number of thioether (sulfide) groups is 1. The summed E-state index contributed by atoms with van der Waals surface area (Å²) in [6.07, 6.45) is 5.51. The average molecular weight is 317 g/mol. The molecule has 0 bridgehead atoms. The maximum absolute atomic E-state index is 12.0. The molecule has 0 aliphatic heterocycles. The Morgan fingerprint density at radius 1 is 1.30 bits per heavy atom. The number of rotatable bonds is 10. The second-order valence-electron chi connectivity index (χ2n) is 4.38. The van der Waals surface area contributed by atoms with Gasteiger partial charge in [-0.15, -0.1) is 0 Å². The first-order valence-electron chi connectivity index (χ1n) is 6.74. The molecule has 0 spiro atoms. The topological polar surface area (TPSA) is 71.1 Å². The summed E-state index contributed by atoms with van der Waals surface area (Å²) in [6, 6.07) is 3.34. The summed E-state index contributed by atoms with van der Waals surface area (Å²) in [5.74, 6) is 1.05. The van der Waals surface area contributed by atoms with E-state index >= 15 is 0 Å². The smallest absolute Gasteiger partial charge is 0.258 e. The van der Waals surface area contributed by atoms with Gasteiger partial charge in [0.25, 0.3) is 10.0 Å². The van der Waals surface area contributed by atoms with Crippen molar-refractivity contribution in [3.05, 3.63) is 23.9 Å². The molecule has 0 radical (unpaired) electrons. The van der Waals surface area contributed by atoms with E-state index in [0.29, 0.717) is 13.1 Å². The van der Waals surface area contributed by atoms with Crippen LogP contribution in [-0.2, 0) is 16.6 Å². The van der Waals surface area contributed by atoms with Crippen LogP contribution >= 0.6 is 11.8 Å². The summed E-state index contributed by atoms with van der Waals surface area (Å²) < 4.78 is 26.6. The van der Waals surface area contributed by atoms with Crippen molar-refractivity contribution in [3.8, 4) is 0 Å². The highest BCUT2D eigenvalue weighted by Crippen LogP contribution is 2.07. The molecule has 0 aliphatic rings. The van der Waals surface area contributed by atoms with Crippen molar-refractivity contribution in [2.45, 2.75) is 31.3 Å². The van der Waals surface area contributed by atoms with Crippen molar-refractivity contribution in [1.82, 2.24) is 15.0 Å². The van der Waals surface area contributed by atoms with Crippen molar-refractivity contribution in [3.63, 3.8) is 0 Å². The number of pyridine rings is 1. The summed E-state index contributed by atoms with van der Waals surface area (Å²) in [5, 5.41) is 3.26. The van der Waals surface area contributed by atoms with Crippen LogP contribution in [0.3, 0.4) is 0 Å². The van der Waals surface area contributed by atoms with Gasteiger partial charge in [0.1, 0.15) is 0 Å². The highest BCUT2D eigenvalue weighted by Gasteiger charge is 2.14. The molecule has 2 N–H and O–H groups in total. The van der Waals surface area contributed by atoms with Gasteiger partial charge in [-0.25, -0.2) is 18.1 Å². The highest BCUT2D eigenvalue weighted by atomic mass is 32.2. The molecule has 0 amide bonds. The molecule has 1 aromatic rings. The van der Waals surface area contributed by atoms with Crippen molar-refractivity contribution in [1.29, 1.82) is 0 Å². The summed E-state index contributed by atoms with van der Waals surface area (Å²) in [7, 11) is -3.47. The molecule has 1 rings (SSSR count). The number of aromatic nitrogens is 1. The molecule has 0 saturated heterocycles. The molecular weight excluding hydrogens is 294 g/mol. The Kier molecular flexibility index (Phi) is 8.13. The van der Waals surface area contributed by atoms with Gasteiger partial charge in [-0.1, -0.05) is 13.0 Å². The number of hydrogen-bond donors (Lipinski definition) is 2. The number of nitrogens with zero attached hydrogens (tertiary/aromatic N) is 1. The minimum atomic E-state index is -3.47. The van der Waals surface area contributed by atoms with E-state index in [1.165, 1.54) is 0 Å². The Morgan fingerprint density at radius 3 is 2.70 bits per heavy atom. The van der Waals surface area contributed by atoms with Crippen LogP contribution in [0, 0.1) is 0 Å². The SMILES string of the molecule is CCNCc1ccc(S(=O)(=O)NCCCCSC)nc1. The molecule has 0 saturated carbocycles. The third-order valence-electron chi connectivity index (χ3n) is 2.72. The van der Waals surface area contributed by atoms with Crippen LogP contribution in [0.5, 0.6) is 0 Å². The van der Waals surface area contributed by atoms with Gasteiger partial charge in [0.2, 0.25) is 0 Å². The monoisotopic (exact) mass is 317 g/mol. The van der Waals surface area contributed by atoms with E-state index in [-0.39, 0.29) is 5.03 Å². The molecule has 0 fully saturated rings. The minimum absolute atomic E-state index is 0.0858. The molecule has 7 heteroatoms. The van der Waals surface area contributed by atoms with Crippen LogP contribution in [0.4, 0.5) is 0 Å². The van der Waals surface area contributed by atoms with E-state index in [1.807, 2.05) is 13.2 Å². The Bertz CT molecular complexity index is 475. The lowest BCUT2D eigenvalue weighted by Gasteiger charge is -2.07. The summed E-state index contributed by atoms with van der Waals surface area (Å²) >= 11 is 1.77. The fourth-order valence-electron chi connectivity index (χ4n) is 1.60. The fourth-order valence-corrected chi connectivity index (χ4v) is 3.09. The van der Waals surface area contributed by atoms with E-state index < -0.39 is 10.0 Å². The molecule has 114 valence electrons. The van der Waals surface area contributed by atoms with E-state index in [0.717, 1.165) is 30.7 Å². The predicted molar refractivity (Wildman–Crippen MR) is 84.4 cm³/mol. The van der Waals surface area contributed by atoms with Crippen LogP contribution in [0.25, 0.3) is 0 Å². The lowest BCUT2D eigenvalue weighted by Crippen LogP contribution is -2.25. The second kappa shape index (κ2) is 9.33.